The lowest BCUT2D eigenvalue weighted by Gasteiger charge is -2.31. The van der Waals surface area contributed by atoms with Crippen molar-refractivity contribution in [2.24, 2.45) is 0 Å². The summed E-state index contributed by atoms with van der Waals surface area (Å²) in [6.07, 6.45) is -4.38. The molecule has 0 atom stereocenters. The number of hydrogen-bond donors (Lipinski definition) is 1. The lowest BCUT2D eigenvalue weighted by atomic mass is 10.1. The second-order valence-corrected chi connectivity index (χ2v) is 6.66. The van der Waals surface area contributed by atoms with E-state index >= 15 is 0 Å². The minimum atomic E-state index is -4.38. The molecule has 3 nitrogen and oxygen atoms in total. The summed E-state index contributed by atoms with van der Waals surface area (Å²) in [7, 11) is -0.904. The topological polar surface area (TPSA) is 32.3 Å². The van der Waals surface area contributed by atoms with Gasteiger partial charge < -0.3 is 10.2 Å². The van der Waals surface area contributed by atoms with Gasteiger partial charge in [-0.25, -0.2) is 0 Å². The van der Waals surface area contributed by atoms with Crippen molar-refractivity contribution >= 4 is 16.5 Å². The Morgan fingerprint density at radius 1 is 1.29 bits per heavy atom. The van der Waals surface area contributed by atoms with E-state index in [9.17, 15) is 17.4 Å². The first kappa shape index (κ1) is 16.3. The summed E-state index contributed by atoms with van der Waals surface area (Å²) in [6, 6.07) is 4.46. The Morgan fingerprint density at radius 3 is 2.52 bits per heavy atom. The van der Waals surface area contributed by atoms with Crippen molar-refractivity contribution in [1.82, 2.24) is 5.32 Å². The maximum atomic E-state index is 13.3. The molecule has 1 saturated heterocycles. The predicted molar refractivity (Wildman–Crippen MR) is 78.9 cm³/mol. The molecule has 0 radical (unpaired) electrons. The quantitative estimate of drug-likeness (QED) is 0.924. The average molecular weight is 320 g/mol. The van der Waals surface area contributed by atoms with E-state index in [1.807, 2.05) is 6.92 Å². The lowest BCUT2D eigenvalue weighted by molar-refractivity contribution is -0.137. The van der Waals surface area contributed by atoms with Gasteiger partial charge in [0, 0.05) is 47.6 Å². The van der Waals surface area contributed by atoms with E-state index in [2.05, 4.69) is 5.32 Å². The summed E-state index contributed by atoms with van der Waals surface area (Å²) in [4.78, 5) is 1.68. The van der Waals surface area contributed by atoms with Crippen molar-refractivity contribution in [2.75, 3.05) is 36.0 Å². The smallest absolute Gasteiger partial charge is 0.369 e. The van der Waals surface area contributed by atoms with E-state index in [1.165, 1.54) is 12.1 Å². The molecular weight excluding hydrogens is 301 g/mol. The highest BCUT2D eigenvalue weighted by Gasteiger charge is 2.35. The van der Waals surface area contributed by atoms with Gasteiger partial charge >= 0.3 is 6.18 Å². The van der Waals surface area contributed by atoms with Crippen LogP contribution < -0.4 is 10.2 Å². The number of anilines is 1. The van der Waals surface area contributed by atoms with Crippen LogP contribution in [0, 0.1) is 0 Å². The first-order chi connectivity index (χ1) is 9.91. The standard InChI is InChI=1S/C14H19F3N2OS/c1-2-18-10-11-3-4-13(12(9-11)14(15,16)17)19-5-7-21(20)8-6-19/h3-4,9,18H,2,5-8,10H2,1H3. The fourth-order valence-corrected chi connectivity index (χ4v) is 3.40. The molecule has 0 aliphatic carbocycles. The molecule has 7 heteroatoms. The van der Waals surface area contributed by atoms with Crippen molar-refractivity contribution < 1.29 is 17.4 Å². The third kappa shape index (κ3) is 4.20. The molecule has 0 amide bonds. The van der Waals surface area contributed by atoms with Gasteiger partial charge in [0.05, 0.1) is 5.56 Å². The third-order valence-electron chi connectivity index (χ3n) is 3.46. The number of alkyl halides is 3. The number of halogens is 3. The average Bonchev–Trinajstić information content (AvgIpc) is 2.45. The van der Waals surface area contributed by atoms with Crippen LogP contribution in [0.1, 0.15) is 18.1 Å². The highest BCUT2D eigenvalue weighted by atomic mass is 32.2. The Labute approximate surface area is 125 Å². The van der Waals surface area contributed by atoms with E-state index in [0.29, 0.717) is 43.2 Å². The van der Waals surface area contributed by atoms with E-state index in [-0.39, 0.29) is 5.69 Å². The minimum absolute atomic E-state index is 0.194. The molecule has 2 rings (SSSR count). The first-order valence-corrected chi connectivity index (χ1v) is 8.41. The van der Waals surface area contributed by atoms with Crippen molar-refractivity contribution in [1.29, 1.82) is 0 Å². The predicted octanol–water partition coefficient (Wildman–Crippen LogP) is 2.38. The second kappa shape index (κ2) is 6.79. The van der Waals surface area contributed by atoms with Gasteiger partial charge in [-0.1, -0.05) is 13.0 Å². The van der Waals surface area contributed by atoms with Gasteiger partial charge in [-0.2, -0.15) is 13.2 Å². The summed E-state index contributed by atoms with van der Waals surface area (Å²) in [5.41, 5.74) is 0.207. The maximum absolute atomic E-state index is 13.3. The minimum Gasteiger partial charge on any atom is -0.369 e. The molecule has 1 aromatic rings. The molecule has 0 unspecified atom stereocenters. The molecule has 1 heterocycles. The Hall–Kier alpha value is -1.08. The van der Waals surface area contributed by atoms with Crippen LogP contribution in [0.2, 0.25) is 0 Å². The zero-order valence-electron chi connectivity index (χ0n) is 11.9. The Kier molecular flexibility index (Phi) is 5.27. The largest absolute Gasteiger partial charge is 0.418 e. The monoisotopic (exact) mass is 320 g/mol. The van der Waals surface area contributed by atoms with Crippen LogP contribution >= 0.6 is 0 Å². The molecule has 0 spiro atoms. The van der Waals surface area contributed by atoms with Crippen molar-refractivity contribution in [3.05, 3.63) is 29.3 Å². The van der Waals surface area contributed by atoms with Gasteiger partial charge in [0.1, 0.15) is 0 Å². The fourth-order valence-electron chi connectivity index (χ4n) is 2.34. The van der Waals surface area contributed by atoms with Gasteiger partial charge in [-0.05, 0) is 24.2 Å². The number of benzene rings is 1. The molecule has 1 fully saturated rings. The van der Waals surface area contributed by atoms with E-state index in [4.69, 9.17) is 0 Å². The number of nitrogens with one attached hydrogen (secondary N) is 1. The summed E-state index contributed by atoms with van der Waals surface area (Å²) in [5.74, 6) is 0.854. The number of rotatable bonds is 4. The van der Waals surface area contributed by atoms with E-state index in [1.54, 1.807) is 11.0 Å². The van der Waals surface area contributed by atoms with Crippen LogP contribution in [0.3, 0.4) is 0 Å². The van der Waals surface area contributed by atoms with Gasteiger partial charge in [-0.15, -0.1) is 0 Å². The normalized spacial score (nSPS) is 17.2. The molecule has 0 aromatic heterocycles. The SMILES string of the molecule is CCNCc1ccc(N2CCS(=O)CC2)c(C(F)(F)F)c1. The second-order valence-electron chi connectivity index (χ2n) is 4.96. The van der Waals surface area contributed by atoms with E-state index < -0.39 is 22.5 Å². The molecule has 21 heavy (non-hydrogen) atoms. The summed E-state index contributed by atoms with van der Waals surface area (Å²) in [5, 5.41) is 3.03. The fraction of sp³-hybridized carbons (Fsp3) is 0.571. The molecule has 1 N–H and O–H groups in total. The molecule has 118 valence electrons. The van der Waals surface area contributed by atoms with Gasteiger partial charge in [0.2, 0.25) is 0 Å². The zero-order chi connectivity index (χ0) is 15.5. The molecule has 1 aliphatic rings. The summed E-state index contributed by atoms with van der Waals surface area (Å²) < 4.78 is 51.2. The van der Waals surface area contributed by atoms with Crippen molar-refractivity contribution in [2.45, 2.75) is 19.6 Å². The Bertz CT molecular complexity index is 509. The Balaban J connectivity index is 2.29. The van der Waals surface area contributed by atoms with Crippen LogP contribution in [0.4, 0.5) is 18.9 Å². The Morgan fingerprint density at radius 2 is 1.95 bits per heavy atom. The van der Waals surface area contributed by atoms with Crippen molar-refractivity contribution in [3.8, 4) is 0 Å². The van der Waals surface area contributed by atoms with Crippen LogP contribution in [-0.4, -0.2) is 35.3 Å². The summed E-state index contributed by atoms with van der Waals surface area (Å²) in [6.45, 7) is 3.85. The van der Waals surface area contributed by atoms with Gasteiger partial charge in [0.25, 0.3) is 0 Å². The molecule has 0 saturated carbocycles. The van der Waals surface area contributed by atoms with Crippen molar-refractivity contribution in [3.63, 3.8) is 0 Å². The van der Waals surface area contributed by atoms with Gasteiger partial charge in [0.15, 0.2) is 0 Å². The molecule has 1 aromatic carbocycles. The van der Waals surface area contributed by atoms with E-state index in [0.717, 1.165) is 0 Å². The maximum Gasteiger partial charge on any atom is 0.418 e. The molecule has 0 bridgehead atoms. The third-order valence-corrected chi connectivity index (χ3v) is 4.74. The van der Waals surface area contributed by atoms with Crippen LogP contribution in [-0.2, 0) is 23.5 Å². The number of hydrogen-bond acceptors (Lipinski definition) is 3. The van der Waals surface area contributed by atoms with Gasteiger partial charge in [-0.3, -0.25) is 4.21 Å². The van der Waals surface area contributed by atoms with Crippen LogP contribution in [0.15, 0.2) is 18.2 Å². The highest BCUT2D eigenvalue weighted by Crippen LogP contribution is 2.37. The first-order valence-electron chi connectivity index (χ1n) is 6.92. The van der Waals surface area contributed by atoms with Crippen LogP contribution in [0.5, 0.6) is 0 Å². The molecular formula is C14H19F3N2OS. The highest BCUT2D eigenvalue weighted by molar-refractivity contribution is 7.85. The number of nitrogens with zero attached hydrogens (tertiary/aromatic N) is 1. The lowest BCUT2D eigenvalue weighted by Crippen LogP contribution is -2.38. The summed E-state index contributed by atoms with van der Waals surface area (Å²) >= 11 is 0. The molecule has 1 aliphatic heterocycles. The van der Waals surface area contributed by atoms with Crippen LogP contribution in [0.25, 0.3) is 0 Å². The zero-order valence-corrected chi connectivity index (χ0v) is 12.7.